The summed E-state index contributed by atoms with van der Waals surface area (Å²) in [5.74, 6) is -1.45. The first-order chi connectivity index (χ1) is 20.8. The van der Waals surface area contributed by atoms with Gasteiger partial charge in [-0.2, -0.15) is 0 Å². The van der Waals surface area contributed by atoms with Crippen LogP contribution in [0.1, 0.15) is 34.6 Å². The maximum absolute atomic E-state index is 13.8. The number of ketones is 1. The van der Waals surface area contributed by atoms with Crippen LogP contribution in [-0.2, 0) is 20.8 Å². The minimum absolute atomic E-state index is 0.0150. The Morgan fingerprint density at radius 3 is 2.49 bits per heavy atom. The Morgan fingerprint density at radius 1 is 1.09 bits per heavy atom. The molecule has 11 nitrogen and oxygen atoms in total. The molecule has 0 radical (unpaired) electrons. The number of hydrogen-bond acceptors (Lipinski definition) is 7. The maximum atomic E-state index is 13.8. The molecule has 3 atom stereocenters. The highest BCUT2D eigenvalue weighted by Gasteiger charge is 2.41. The Kier molecular flexibility index (Phi) is 9.45. The number of nitrogens with two attached hydrogens (primary N) is 1. The lowest BCUT2D eigenvalue weighted by molar-refractivity contribution is -0.145. The van der Waals surface area contributed by atoms with Crippen molar-refractivity contribution < 1.29 is 19.2 Å². The SMILES string of the molecule is N=C(N)N1CCC[C@@H](C[C@H](NC(=O)CN2C(=O)CN(c3ccccc3)C(=O)[C@H]2Cc2ccccc2)C(=O)c2nccs2)C1. The van der Waals surface area contributed by atoms with Crippen molar-refractivity contribution in [3.63, 3.8) is 0 Å². The van der Waals surface area contributed by atoms with Crippen LogP contribution in [-0.4, -0.2) is 82.5 Å². The monoisotopic (exact) mass is 601 g/mol. The van der Waals surface area contributed by atoms with Gasteiger partial charge in [-0.3, -0.25) is 24.6 Å². The van der Waals surface area contributed by atoms with Crippen molar-refractivity contribution in [2.75, 3.05) is 31.1 Å². The molecule has 5 rings (SSSR count). The topological polar surface area (TPSA) is 153 Å². The molecular formula is C31H35N7O4S. The molecule has 2 fully saturated rings. The van der Waals surface area contributed by atoms with Gasteiger partial charge in [0.15, 0.2) is 11.0 Å². The van der Waals surface area contributed by atoms with E-state index in [4.69, 9.17) is 11.1 Å². The standard InChI is InChI=1S/C31H35N7O4S/c32-31(33)36-14-7-10-22(18-36)16-24(28(41)29-34-13-15-43-29)35-26(39)19-38-25(17-21-8-3-1-4-9-21)30(42)37(20-27(38)40)23-11-5-2-6-12-23/h1-6,8-9,11-13,15,22,24-25H,7,10,14,16-20H2,(H3,32,33)(H,35,39)/t22-,24-,25+/m0/s1. The number of aromatic nitrogens is 1. The van der Waals surface area contributed by atoms with Gasteiger partial charge in [-0.15, -0.1) is 11.3 Å². The first-order valence-corrected chi connectivity index (χ1v) is 15.2. The number of rotatable bonds is 10. The molecule has 224 valence electrons. The largest absolute Gasteiger partial charge is 0.370 e. The van der Waals surface area contributed by atoms with Crippen LogP contribution in [0.4, 0.5) is 5.69 Å². The lowest BCUT2D eigenvalue weighted by Gasteiger charge is -2.40. The number of carbonyl (C=O) groups is 4. The Balaban J connectivity index is 1.35. The summed E-state index contributed by atoms with van der Waals surface area (Å²) in [4.78, 5) is 63.0. The van der Waals surface area contributed by atoms with Gasteiger partial charge in [0.1, 0.15) is 19.1 Å². The Labute approximate surface area is 254 Å². The second-order valence-electron chi connectivity index (χ2n) is 10.9. The zero-order valence-electron chi connectivity index (χ0n) is 23.7. The van der Waals surface area contributed by atoms with Crippen molar-refractivity contribution in [2.45, 2.75) is 37.8 Å². The van der Waals surface area contributed by atoms with Crippen molar-refractivity contribution in [3.05, 3.63) is 82.8 Å². The number of amides is 3. The minimum atomic E-state index is -0.898. The summed E-state index contributed by atoms with van der Waals surface area (Å²) in [5.41, 5.74) is 7.19. The summed E-state index contributed by atoms with van der Waals surface area (Å²) in [6.07, 6.45) is 3.77. The number of benzene rings is 2. The van der Waals surface area contributed by atoms with Crippen molar-refractivity contribution >= 4 is 46.5 Å². The number of para-hydroxylation sites is 1. The van der Waals surface area contributed by atoms with Gasteiger partial charge in [0.2, 0.25) is 17.6 Å². The van der Waals surface area contributed by atoms with E-state index in [1.807, 2.05) is 36.4 Å². The Hall–Kier alpha value is -4.58. The number of likely N-dealkylation sites (tertiary alicyclic amines) is 1. The number of carbonyl (C=O) groups excluding carboxylic acids is 4. The van der Waals surface area contributed by atoms with Crippen LogP contribution in [0, 0.1) is 11.3 Å². The van der Waals surface area contributed by atoms with Crippen LogP contribution in [0.3, 0.4) is 0 Å². The van der Waals surface area contributed by atoms with E-state index in [0.29, 0.717) is 25.2 Å². The minimum Gasteiger partial charge on any atom is -0.370 e. The van der Waals surface area contributed by atoms with Crippen LogP contribution in [0.2, 0.25) is 0 Å². The molecule has 3 heterocycles. The second kappa shape index (κ2) is 13.6. The molecule has 2 aliphatic rings. The second-order valence-corrected chi connectivity index (χ2v) is 11.8. The van der Waals surface area contributed by atoms with Crippen molar-refractivity contribution in [3.8, 4) is 0 Å². The molecule has 0 aliphatic carbocycles. The van der Waals surface area contributed by atoms with E-state index >= 15 is 0 Å². The van der Waals surface area contributed by atoms with Crippen molar-refractivity contribution in [1.82, 2.24) is 20.1 Å². The fraction of sp³-hybridized carbons (Fsp3) is 0.355. The number of anilines is 1. The molecule has 0 bridgehead atoms. The predicted molar refractivity (Wildman–Crippen MR) is 164 cm³/mol. The first-order valence-electron chi connectivity index (χ1n) is 14.3. The summed E-state index contributed by atoms with van der Waals surface area (Å²) in [5, 5.41) is 12.7. The van der Waals surface area contributed by atoms with Crippen LogP contribution in [0.25, 0.3) is 0 Å². The first kappa shape index (κ1) is 29.9. The number of piperazine rings is 1. The van der Waals surface area contributed by atoms with Gasteiger partial charge in [0.05, 0.1) is 6.04 Å². The van der Waals surface area contributed by atoms with E-state index in [2.05, 4.69) is 10.3 Å². The highest BCUT2D eigenvalue weighted by molar-refractivity contribution is 7.11. The number of Topliss-reactive ketones (excluding diaryl/α,β-unsaturated/α-hetero) is 1. The molecular weight excluding hydrogens is 566 g/mol. The van der Waals surface area contributed by atoms with Gasteiger partial charge in [-0.25, -0.2) is 4.98 Å². The Bertz CT molecular complexity index is 1450. The van der Waals surface area contributed by atoms with Crippen molar-refractivity contribution in [1.29, 1.82) is 5.41 Å². The fourth-order valence-corrected chi connectivity index (χ4v) is 6.41. The fourth-order valence-electron chi connectivity index (χ4n) is 5.78. The molecule has 4 N–H and O–H groups in total. The van der Waals surface area contributed by atoms with Crippen LogP contribution >= 0.6 is 11.3 Å². The summed E-state index contributed by atoms with van der Waals surface area (Å²) in [7, 11) is 0. The summed E-state index contributed by atoms with van der Waals surface area (Å²) in [6, 6.07) is 16.6. The molecule has 12 heteroatoms. The van der Waals surface area contributed by atoms with E-state index in [0.717, 1.165) is 18.4 Å². The highest BCUT2D eigenvalue weighted by atomic mass is 32.1. The third-order valence-electron chi connectivity index (χ3n) is 7.92. The van der Waals surface area contributed by atoms with Crippen LogP contribution in [0.5, 0.6) is 0 Å². The van der Waals surface area contributed by atoms with E-state index in [9.17, 15) is 19.2 Å². The number of hydrogen-bond donors (Lipinski definition) is 3. The smallest absolute Gasteiger partial charge is 0.250 e. The molecule has 0 saturated carbocycles. The van der Waals surface area contributed by atoms with Crippen LogP contribution < -0.4 is 16.0 Å². The predicted octanol–water partition coefficient (Wildman–Crippen LogP) is 2.29. The Morgan fingerprint density at radius 2 is 1.81 bits per heavy atom. The summed E-state index contributed by atoms with van der Waals surface area (Å²) >= 11 is 1.20. The molecule has 3 amide bonds. The normalized spacial score (nSPS) is 19.7. The van der Waals surface area contributed by atoms with Gasteiger partial charge < -0.3 is 25.8 Å². The number of guanidine groups is 1. The van der Waals surface area contributed by atoms with E-state index < -0.39 is 18.0 Å². The van der Waals surface area contributed by atoms with Gasteiger partial charge >= 0.3 is 0 Å². The van der Waals surface area contributed by atoms with Crippen LogP contribution in [0.15, 0.2) is 72.2 Å². The highest BCUT2D eigenvalue weighted by Crippen LogP contribution is 2.25. The number of nitrogens with zero attached hydrogens (tertiary/aromatic N) is 4. The molecule has 0 unspecified atom stereocenters. The molecule has 0 spiro atoms. The van der Waals surface area contributed by atoms with Gasteiger partial charge in [-0.1, -0.05) is 48.5 Å². The molecule has 3 aromatic rings. The maximum Gasteiger partial charge on any atom is 0.250 e. The number of nitrogens with one attached hydrogen (secondary N) is 2. The molecule has 1 aromatic heterocycles. The van der Waals surface area contributed by atoms with Gasteiger partial charge in [0, 0.05) is 36.8 Å². The molecule has 43 heavy (non-hydrogen) atoms. The number of thiazole rings is 1. The third-order valence-corrected chi connectivity index (χ3v) is 8.71. The quantitative estimate of drug-likeness (QED) is 0.183. The van der Waals surface area contributed by atoms with E-state index in [1.165, 1.54) is 21.1 Å². The van der Waals surface area contributed by atoms with Crippen molar-refractivity contribution in [2.24, 2.45) is 11.7 Å². The van der Waals surface area contributed by atoms with Gasteiger partial charge in [0.25, 0.3) is 5.91 Å². The lowest BCUT2D eigenvalue weighted by Crippen LogP contribution is -2.63. The van der Waals surface area contributed by atoms with E-state index in [1.54, 1.807) is 40.7 Å². The number of piperidine rings is 1. The zero-order valence-corrected chi connectivity index (χ0v) is 24.5. The lowest BCUT2D eigenvalue weighted by atomic mass is 9.90. The average molecular weight is 602 g/mol. The summed E-state index contributed by atoms with van der Waals surface area (Å²) in [6.45, 7) is 0.639. The molecule has 2 saturated heterocycles. The third kappa shape index (κ3) is 7.26. The molecule has 2 aromatic carbocycles. The average Bonchev–Trinajstić information content (AvgIpc) is 3.56. The summed E-state index contributed by atoms with van der Waals surface area (Å²) < 4.78 is 0. The molecule has 2 aliphatic heterocycles. The van der Waals surface area contributed by atoms with E-state index in [-0.39, 0.29) is 54.0 Å². The van der Waals surface area contributed by atoms with Gasteiger partial charge in [-0.05, 0) is 42.9 Å². The zero-order chi connectivity index (χ0) is 30.3.